The Morgan fingerprint density at radius 2 is 1.96 bits per heavy atom. The molecule has 0 N–H and O–H groups in total. The maximum Gasteiger partial charge on any atom is 0.265 e. The highest BCUT2D eigenvalue weighted by Gasteiger charge is 2.38. The van der Waals surface area contributed by atoms with Gasteiger partial charge in [0.25, 0.3) is 15.0 Å². The summed E-state index contributed by atoms with van der Waals surface area (Å²) >= 11 is 0. The number of hydrogen-bond acceptors (Lipinski definition) is 5. The van der Waals surface area contributed by atoms with E-state index in [2.05, 4.69) is 4.90 Å². The van der Waals surface area contributed by atoms with Crippen LogP contribution in [0.15, 0.2) is 23.1 Å². The van der Waals surface area contributed by atoms with Gasteiger partial charge in [0, 0.05) is 22.8 Å². The summed E-state index contributed by atoms with van der Waals surface area (Å²) < 4.78 is 28.5. The minimum absolute atomic E-state index is 0.0231. The summed E-state index contributed by atoms with van der Waals surface area (Å²) in [6.07, 6.45) is 4.17. The number of amides is 1. The molecule has 1 amide bonds. The first-order valence-electron chi connectivity index (χ1n) is 7.99. The van der Waals surface area contributed by atoms with Gasteiger partial charge < -0.3 is 14.5 Å². The van der Waals surface area contributed by atoms with Gasteiger partial charge in [-0.3, -0.25) is 4.79 Å². The summed E-state index contributed by atoms with van der Waals surface area (Å²) in [5.41, 5.74) is 0.620. The van der Waals surface area contributed by atoms with Crippen molar-refractivity contribution in [3.8, 4) is 5.75 Å². The maximum absolute atomic E-state index is 12.5. The van der Waals surface area contributed by atoms with Crippen molar-refractivity contribution in [2.45, 2.75) is 42.7 Å². The predicted octanol–water partition coefficient (Wildman–Crippen LogP) is 2.21. The molecule has 6 nitrogen and oxygen atoms in total. The van der Waals surface area contributed by atoms with Gasteiger partial charge >= 0.3 is 0 Å². The normalized spacial score (nSPS) is 24.7. The lowest BCUT2D eigenvalue weighted by molar-refractivity contribution is -0.122. The molecule has 0 unspecified atom stereocenters. The van der Waals surface area contributed by atoms with Crippen molar-refractivity contribution in [1.29, 1.82) is 0 Å². The van der Waals surface area contributed by atoms with Gasteiger partial charge in [-0.15, -0.1) is 0 Å². The van der Waals surface area contributed by atoms with Crippen LogP contribution in [0.25, 0.3) is 0 Å². The molecule has 0 radical (unpaired) electrons. The zero-order valence-corrected chi connectivity index (χ0v) is 15.3. The minimum Gasteiger partial charge on any atom is -0.482 e. The zero-order valence-electron chi connectivity index (χ0n) is 13.7. The number of halogens is 1. The molecule has 0 aromatic heterocycles. The van der Waals surface area contributed by atoms with Gasteiger partial charge in [0.15, 0.2) is 6.61 Å². The number of anilines is 1. The van der Waals surface area contributed by atoms with E-state index in [1.54, 1.807) is 11.0 Å². The van der Waals surface area contributed by atoms with Crippen LogP contribution in [0.1, 0.15) is 25.7 Å². The van der Waals surface area contributed by atoms with Crippen LogP contribution in [0.5, 0.6) is 5.75 Å². The van der Waals surface area contributed by atoms with Crippen LogP contribution in [-0.2, 0) is 13.8 Å². The highest BCUT2D eigenvalue weighted by Crippen LogP contribution is 2.39. The van der Waals surface area contributed by atoms with Crippen LogP contribution in [0.4, 0.5) is 5.69 Å². The molecular weight excluding hydrogens is 352 g/mol. The second-order valence-corrected chi connectivity index (χ2v) is 9.07. The number of benzene rings is 1. The van der Waals surface area contributed by atoms with E-state index in [1.807, 2.05) is 14.1 Å². The summed E-state index contributed by atoms with van der Waals surface area (Å²) in [5.74, 6) is 0.294. The number of hydrogen-bond donors (Lipinski definition) is 0. The fourth-order valence-electron chi connectivity index (χ4n) is 3.66. The van der Waals surface area contributed by atoms with E-state index in [4.69, 9.17) is 15.4 Å². The van der Waals surface area contributed by atoms with Crippen LogP contribution in [-0.4, -0.2) is 52.0 Å². The van der Waals surface area contributed by atoms with Crippen molar-refractivity contribution >= 4 is 31.3 Å². The van der Waals surface area contributed by atoms with Crippen molar-refractivity contribution < 1.29 is 17.9 Å². The van der Waals surface area contributed by atoms with Crippen LogP contribution in [0.2, 0.25) is 0 Å². The number of nitrogens with zero attached hydrogens (tertiary/aromatic N) is 2. The van der Waals surface area contributed by atoms with Gasteiger partial charge in [-0.05, 0) is 39.1 Å². The highest BCUT2D eigenvalue weighted by molar-refractivity contribution is 8.13. The van der Waals surface area contributed by atoms with E-state index in [0.717, 1.165) is 25.7 Å². The molecular formula is C16H21ClN2O4S. The largest absolute Gasteiger partial charge is 0.482 e. The molecule has 8 heteroatoms. The smallest absolute Gasteiger partial charge is 0.265 e. The summed E-state index contributed by atoms with van der Waals surface area (Å²) in [6, 6.07) is 4.75. The zero-order chi connectivity index (χ0) is 17.5. The SMILES string of the molecule is CN(C)[C@H]1CCCC[C@@H]1N1C(=O)COc2cc(S(=O)(=O)Cl)ccc21. The Balaban J connectivity index is 2.02. The van der Waals surface area contributed by atoms with E-state index in [1.165, 1.54) is 12.1 Å². The standard InChI is InChI=1S/C16H21ClN2O4S/c1-18(2)12-5-3-4-6-13(12)19-14-8-7-11(24(17,21)22)9-15(14)23-10-16(19)20/h7-9,12-13H,3-6,10H2,1-2H3/t12-,13-/m0/s1. The first kappa shape index (κ1) is 17.5. The molecule has 1 aromatic rings. The molecule has 132 valence electrons. The number of carbonyl (C=O) groups is 1. The Hall–Kier alpha value is -1.31. The first-order chi connectivity index (χ1) is 11.3. The number of fused-ring (bicyclic) bond motifs is 1. The lowest BCUT2D eigenvalue weighted by Crippen LogP contribution is -2.55. The monoisotopic (exact) mass is 372 g/mol. The van der Waals surface area contributed by atoms with Crippen LogP contribution in [0, 0.1) is 0 Å². The quantitative estimate of drug-likeness (QED) is 0.761. The fourth-order valence-corrected chi connectivity index (χ4v) is 4.43. The molecule has 1 aliphatic heterocycles. The van der Waals surface area contributed by atoms with E-state index >= 15 is 0 Å². The lowest BCUT2D eigenvalue weighted by Gasteiger charge is -2.44. The average molecular weight is 373 g/mol. The van der Waals surface area contributed by atoms with Gasteiger partial charge in [0.2, 0.25) is 0 Å². The lowest BCUT2D eigenvalue weighted by atomic mass is 9.87. The molecule has 3 rings (SSSR count). The summed E-state index contributed by atoms with van der Waals surface area (Å²) in [5, 5.41) is 0. The van der Waals surface area contributed by atoms with Crippen molar-refractivity contribution in [1.82, 2.24) is 4.90 Å². The molecule has 1 saturated carbocycles. The van der Waals surface area contributed by atoms with Gasteiger partial charge in [0.05, 0.1) is 16.6 Å². The van der Waals surface area contributed by atoms with E-state index < -0.39 is 9.05 Å². The maximum atomic E-state index is 12.5. The third kappa shape index (κ3) is 3.25. The molecule has 2 aliphatic rings. The highest BCUT2D eigenvalue weighted by atomic mass is 35.7. The van der Waals surface area contributed by atoms with Gasteiger partial charge in [0.1, 0.15) is 5.75 Å². The van der Waals surface area contributed by atoms with Gasteiger partial charge in [-0.1, -0.05) is 12.8 Å². The Morgan fingerprint density at radius 3 is 2.62 bits per heavy atom. The topological polar surface area (TPSA) is 66.9 Å². The number of rotatable bonds is 3. The Morgan fingerprint density at radius 1 is 1.25 bits per heavy atom. The van der Waals surface area contributed by atoms with Crippen LogP contribution < -0.4 is 9.64 Å². The number of carbonyl (C=O) groups excluding carboxylic acids is 1. The molecule has 0 bridgehead atoms. The van der Waals surface area contributed by atoms with Crippen LogP contribution in [0.3, 0.4) is 0 Å². The van der Waals surface area contributed by atoms with Crippen LogP contribution >= 0.6 is 10.7 Å². The first-order valence-corrected chi connectivity index (χ1v) is 10.3. The van der Waals surface area contributed by atoms with Gasteiger partial charge in [-0.2, -0.15) is 0 Å². The molecule has 1 aromatic carbocycles. The average Bonchev–Trinajstić information content (AvgIpc) is 2.53. The molecule has 1 heterocycles. The fraction of sp³-hybridized carbons (Fsp3) is 0.562. The Labute approximate surface area is 146 Å². The van der Waals surface area contributed by atoms with E-state index in [0.29, 0.717) is 11.4 Å². The molecule has 2 atom stereocenters. The van der Waals surface area contributed by atoms with Crippen molar-refractivity contribution in [3.63, 3.8) is 0 Å². The number of ether oxygens (including phenoxy) is 1. The second-order valence-electron chi connectivity index (χ2n) is 6.50. The molecule has 0 spiro atoms. The van der Waals surface area contributed by atoms with Crippen molar-refractivity contribution in [2.24, 2.45) is 0 Å². The third-order valence-corrected chi connectivity index (χ3v) is 6.13. The molecule has 1 aliphatic carbocycles. The predicted molar refractivity (Wildman–Crippen MR) is 92.2 cm³/mol. The molecule has 24 heavy (non-hydrogen) atoms. The Kier molecular flexibility index (Phi) is 4.77. The summed E-state index contributed by atoms with van der Waals surface area (Å²) in [4.78, 5) is 16.5. The number of likely N-dealkylation sites (N-methyl/N-ethyl adjacent to an activating group) is 1. The van der Waals surface area contributed by atoms with Crippen molar-refractivity contribution in [3.05, 3.63) is 18.2 Å². The van der Waals surface area contributed by atoms with Gasteiger partial charge in [-0.25, -0.2) is 8.42 Å². The van der Waals surface area contributed by atoms with E-state index in [9.17, 15) is 13.2 Å². The second kappa shape index (κ2) is 6.54. The Bertz CT molecular complexity index is 750. The summed E-state index contributed by atoms with van der Waals surface area (Å²) in [7, 11) is 5.62. The molecule has 1 fully saturated rings. The van der Waals surface area contributed by atoms with Crippen molar-refractivity contribution in [2.75, 3.05) is 25.6 Å². The minimum atomic E-state index is -3.84. The summed E-state index contributed by atoms with van der Waals surface area (Å²) in [6.45, 7) is -0.0879. The molecule has 0 saturated heterocycles. The third-order valence-electron chi connectivity index (χ3n) is 4.78. The van der Waals surface area contributed by atoms with E-state index in [-0.39, 0.29) is 29.5 Å².